The first-order chi connectivity index (χ1) is 15.8. The van der Waals surface area contributed by atoms with Gasteiger partial charge >= 0.3 is 6.61 Å². The predicted molar refractivity (Wildman–Crippen MR) is 122 cm³/mol. The van der Waals surface area contributed by atoms with E-state index in [0.29, 0.717) is 24.5 Å². The Kier molecular flexibility index (Phi) is 7.80. The molecule has 0 saturated heterocycles. The summed E-state index contributed by atoms with van der Waals surface area (Å²) in [6.07, 6.45) is 0. The van der Waals surface area contributed by atoms with E-state index in [1.165, 1.54) is 12.1 Å². The number of nitriles is 1. The zero-order chi connectivity index (χ0) is 24.0. The van der Waals surface area contributed by atoms with Gasteiger partial charge in [-0.15, -0.1) is 0 Å². The second-order valence-electron chi connectivity index (χ2n) is 7.86. The number of rotatable bonds is 9. The van der Waals surface area contributed by atoms with E-state index >= 15 is 0 Å². The van der Waals surface area contributed by atoms with Crippen molar-refractivity contribution in [1.82, 2.24) is 9.47 Å². The zero-order valence-corrected chi connectivity index (χ0v) is 18.8. The third-order valence-corrected chi connectivity index (χ3v) is 5.40. The number of aromatic nitrogens is 1. The molecule has 0 saturated carbocycles. The van der Waals surface area contributed by atoms with Gasteiger partial charge in [-0.3, -0.25) is 9.69 Å². The molecule has 1 N–H and O–H groups in total. The van der Waals surface area contributed by atoms with Crippen LogP contribution in [0.4, 0.5) is 14.6 Å². The van der Waals surface area contributed by atoms with Crippen molar-refractivity contribution in [2.24, 2.45) is 0 Å². The quantitative estimate of drug-likeness (QED) is 0.511. The molecule has 33 heavy (non-hydrogen) atoms. The molecule has 1 heterocycles. The first-order valence-electron chi connectivity index (χ1n) is 10.4. The second kappa shape index (κ2) is 10.7. The molecule has 0 aliphatic carbocycles. The lowest BCUT2D eigenvalue weighted by molar-refractivity contribution is -0.117. The van der Waals surface area contributed by atoms with Gasteiger partial charge in [-0.25, -0.2) is 0 Å². The third kappa shape index (κ3) is 6.18. The molecular weight excluding hydrogens is 426 g/mol. The fraction of sp³-hybridized carbons (Fsp3) is 0.280. The Labute approximate surface area is 192 Å². The van der Waals surface area contributed by atoms with Crippen LogP contribution in [-0.2, 0) is 17.9 Å². The standard InChI is InChI=1S/C25H26F2N4O2/c1-17-18(2)31(15-19-7-5-4-6-8-19)24(22(17)13-28)29-23(32)16-30(3)14-20-9-11-21(12-10-20)33-25(26)27/h4-12,25H,14-16H2,1-3H3,(H,29,32). The van der Waals surface area contributed by atoms with E-state index in [2.05, 4.69) is 16.1 Å². The van der Waals surface area contributed by atoms with Crippen LogP contribution in [0.2, 0.25) is 0 Å². The average Bonchev–Trinajstić information content (AvgIpc) is 2.99. The Morgan fingerprint density at radius 3 is 2.39 bits per heavy atom. The van der Waals surface area contributed by atoms with Crippen LogP contribution in [0.25, 0.3) is 0 Å². The van der Waals surface area contributed by atoms with E-state index in [-0.39, 0.29) is 18.2 Å². The maximum Gasteiger partial charge on any atom is 0.387 e. The average molecular weight is 453 g/mol. The summed E-state index contributed by atoms with van der Waals surface area (Å²) in [7, 11) is 1.79. The van der Waals surface area contributed by atoms with Crippen molar-refractivity contribution in [3.8, 4) is 11.8 Å². The van der Waals surface area contributed by atoms with Crippen LogP contribution >= 0.6 is 0 Å². The molecule has 0 radical (unpaired) electrons. The number of hydrogen-bond donors (Lipinski definition) is 1. The number of nitrogens with one attached hydrogen (secondary N) is 1. The number of halogens is 2. The number of benzene rings is 2. The Morgan fingerprint density at radius 2 is 1.79 bits per heavy atom. The van der Waals surface area contributed by atoms with Gasteiger partial charge in [-0.05, 0) is 49.7 Å². The largest absolute Gasteiger partial charge is 0.435 e. The highest BCUT2D eigenvalue weighted by Gasteiger charge is 2.20. The Morgan fingerprint density at radius 1 is 1.12 bits per heavy atom. The van der Waals surface area contributed by atoms with E-state index in [1.54, 1.807) is 24.1 Å². The molecule has 3 aromatic rings. The van der Waals surface area contributed by atoms with Gasteiger partial charge in [0.05, 0.1) is 12.1 Å². The fourth-order valence-corrected chi connectivity index (χ4v) is 3.65. The maximum atomic E-state index is 12.8. The normalized spacial score (nSPS) is 11.0. The van der Waals surface area contributed by atoms with Gasteiger partial charge in [0.15, 0.2) is 0 Å². The van der Waals surface area contributed by atoms with E-state index in [1.807, 2.05) is 48.7 Å². The van der Waals surface area contributed by atoms with Crippen molar-refractivity contribution in [2.45, 2.75) is 33.5 Å². The molecule has 8 heteroatoms. The summed E-state index contributed by atoms with van der Waals surface area (Å²) in [6, 6.07) is 18.3. The lowest BCUT2D eigenvalue weighted by atomic mass is 10.2. The summed E-state index contributed by atoms with van der Waals surface area (Å²) in [5, 5.41) is 12.6. The monoisotopic (exact) mass is 452 g/mol. The molecule has 0 bridgehead atoms. The predicted octanol–water partition coefficient (Wildman–Crippen LogP) is 4.70. The van der Waals surface area contributed by atoms with E-state index in [4.69, 9.17) is 0 Å². The van der Waals surface area contributed by atoms with Crippen molar-refractivity contribution in [3.63, 3.8) is 0 Å². The number of nitrogens with zero attached hydrogens (tertiary/aromatic N) is 3. The third-order valence-electron chi connectivity index (χ3n) is 5.40. The van der Waals surface area contributed by atoms with Crippen molar-refractivity contribution in [3.05, 3.63) is 82.5 Å². The molecule has 6 nitrogen and oxygen atoms in total. The topological polar surface area (TPSA) is 70.3 Å². The van der Waals surface area contributed by atoms with Gasteiger partial charge in [-0.1, -0.05) is 42.5 Å². The molecule has 2 aromatic carbocycles. The second-order valence-corrected chi connectivity index (χ2v) is 7.86. The zero-order valence-electron chi connectivity index (χ0n) is 18.8. The molecule has 1 amide bonds. The van der Waals surface area contributed by atoms with Crippen LogP contribution < -0.4 is 10.1 Å². The maximum absolute atomic E-state index is 12.8. The Hall–Kier alpha value is -3.70. The number of carbonyl (C=O) groups excluding carboxylic acids is 1. The lowest BCUT2D eigenvalue weighted by Gasteiger charge is -2.18. The number of hydrogen-bond acceptors (Lipinski definition) is 4. The minimum Gasteiger partial charge on any atom is -0.435 e. The van der Waals surface area contributed by atoms with Crippen LogP contribution in [0.3, 0.4) is 0 Å². The Balaban J connectivity index is 1.69. The highest BCUT2D eigenvalue weighted by molar-refractivity contribution is 5.93. The molecule has 0 aliphatic heterocycles. The van der Waals surface area contributed by atoms with Gasteiger partial charge in [0, 0.05) is 18.8 Å². The highest BCUT2D eigenvalue weighted by Crippen LogP contribution is 2.27. The van der Waals surface area contributed by atoms with E-state index in [0.717, 1.165) is 22.4 Å². The number of amides is 1. The molecular formula is C25H26F2N4O2. The summed E-state index contributed by atoms with van der Waals surface area (Å²) in [6.45, 7) is 2.01. The van der Waals surface area contributed by atoms with Crippen molar-refractivity contribution in [1.29, 1.82) is 5.26 Å². The van der Waals surface area contributed by atoms with Crippen LogP contribution in [0, 0.1) is 25.2 Å². The van der Waals surface area contributed by atoms with E-state index in [9.17, 15) is 18.8 Å². The first-order valence-corrected chi connectivity index (χ1v) is 10.4. The van der Waals surface area contributed by atoms with E-state index < -0.39 is 6.61 Å². The van der Waals surface area contributed by atoms with Crippen molar-refractivity contribution < 1.29 is 18.3 Å². The summed E-state index contributed by atoms with van der Waals surface area (Å²) >= 11 is 0. The summed E-state index contributed by atoms with van der Waals surface area (Å²) in [4.78, 5) is 14.6. The van der Waals surface area contributed by atoms with Gasteiger partial charge in [-0.2, -0.15) is 14.0 Å². The fourth-order valence-electron chi connectivity index (χ4n) is 3.65. The van der Waals surface area contributed by atoms with Crippen molar-refractivity contribution >= 4 is 11.7 Å². The van der Waals surface area contributed by atoms with Gasteiger partial charge in [0.2, 0.25) is 5.91 Å². The van der Waals surface area contributed by atoms with Gasteiger partial charge in [0.25, 0.3) is 0 Å². The minimum absolute atomic E-state index is 0.0862. The molecule has 0 fully saturated rings. The number of ether oxygens (including phenoxy) is 1. The number of alkyl halides is 2. The summed E-state index contributed by atoms with van der Waals surface area (Å²) in [5.74, 6) is 0.324. The van der Waals surface area contributed by atoms with Crippen molar-refractivity contribution in [2.75, 3.05) is 18.9 Å². The van der Waals surface area contributed by atoms with Crippen LogP contribution in [0.5, 0.6) is 5.75 Å². The highest BCUT2D eigenvalue weighted by atomic mass is 19.3. The van der Waals surface area contributed by atoms with Crippen LogP contribution in [0.15, 0.2) is 54.6 Å². The molecule has 1 aromatic heterocycles. The summed E-state index contributed by atoms with van der Waals surface area (Å²) in [5.41, 5.74) is 4.12. The lowest BCUT2D eigenvalue weighted by Crippen LogP contribution is -2.30. The molecule has 0 unspecified atom stereocenters. The number of anilines is 1. The van der Waals surface area contributed by atoms with Gasteiger partial charge in [0.1, 0.15) is 17.6 Å². The number of likely N-dealkylation sites (N-methyl/N-ethyl adjacent to an activating group) is 1. The Bertz CT molecular complexity index is 1140. The minimum atomic E-state index is -2.87. The molecule has 0 atom stereocenters. The van der Waals surface area contributed by atoms with Crippen LogP contribution in [-0.4, -0.2) is 35.6 Å². The van der Waals surface area contributed by atoms with Crippen LogP contribution in [0.1, 0.15) is 27.9 Å². The molecule has 0 aliphatic rings. The smallest absolute Gasteiger partial charge is 0.387 e. The van der Waals surface area contributed by atoms with Gasteiger partial charge < -0.3 is 14.6 Å². The summed E-state index contributed by atoms with van der Waals surface area (Å²) < 4.78 is 30.9. The number of carbonyl (C=O) groups is 1. The molecule has 0 spiro atoms. The molecule has 172 valence electrons. The first kappa shape index (κ1) is 24.0. The molecule has 3 rings (SSSR count). The SMILES string of the molecule is Cc1c(C#N)c(NC(=O)CN(C)Cc2ccc(OC(F)F)cc2)n(Cc2ccccc2)c1C.